The van der Waals surface area contributed by atoms with Gasteiger partial charge in [0.25, 0.3) is 0 Å². The number of methoxy groups -OCH3 is 1. The molecule has 26 heavy (non-hydrogen) atoms. The van der Waals surface area contributed by atoms with Gasteiger partial charge in [-0.15, -0.1) is 0 Å². The van der Waals surface area contributed by atoms with Crippen molar-refractivity contribution >= 4 is 24.3 Å². The van der Waals surface area contributed by atoms with Crippen LogP contribution in [0.2, 0.25) is 0 Å². The van der Waals surface area contributed by atoms with Crippen molar-refractivity contribution in [1.82, 2.24) is 0 Å². The Bertz CT molecular complexity index is 666. The van der Waals surface area contributed by atoms with Gasteiger partial charge in [0.05, 0.1) is 26.7 Å². The van der Waals surface area contributed by atoms with Crippen LogP contribution in [0.5, 0.6) is 5.75 Å². The number of para-hydroxylation sites is 1. The zero-order chi connectivity index (χ0) is 19.4. The van der Waals surface area contributed by atoms with Crippen LogP contribution in [-0.2, 0) is 30.4 Å². The van der Waals surface area contributed by atoms with E-state index in [0.29, 0.717) is 19.4 Å². The lowest BCUT2D eigenvalue weighted by Gasteiger charge is -2.45. The minimum Gasteiger partial charge on any atom is -0.487 e. The maximum Gasteiger partial charge on any atom is 0.305 e. The van der Waals surface area contributed by atoms with E-state index in [4.69, 9.17) is 30.3 Å². The minimum absolute atomic E-state index is 0.00187. The molecule has 0 N–H and O–H groups in total. The fourth-order valence-electron chi connectivity index (χ4n) is 3.59. The molecule has 1 aromatic rings. The summed E-state index contributed by atoms with van der Waals surface area (Å²) < 4.78 is 22.9. The number of rotatable bonds is 8. The fourth-order valence-corrected chi connectivity index (χ4v) is 6.71. The second kappa shape index (κ2) is 8.83. The molecule has 2 rings (SSSR count). The SMILES string of the molecule is CCOP(=S)(CC1c2ccccc2OC(C)(C)C1CC(=O)OC)OCC. The first-order valence-corrected chi connectivity index (χ1v) is 11.8. The summed E-state index contributed by atoms with van der Waals surface area (Å²) in [6, 6.07) is 7.93. The molecule has 0 aliphatic carbocycles. The summed E-state index contributed by atoms with van der Waals surface area (Å²) in [4.78, 5) is 12.1. The minimum atomic E-state index is -2.46. The Labute approximate surface area is 161 Å². The zero-order valence-corrected chi connectivity index (χ0v) is 17.9. The number of fused-ring (bicyclic) bond motifs is 1. The molecule has 0 amide bonds. The van der Waals surface area contributed by atoms with Crippen LogP contribution < -0.4 is 4.74 Å². The van der Waals surface area contributed by atoms with E-state index in [1.54, 1.807) is 0 Å². The summed E-state index contributed by atoms with van der Waals surface area (Å²) in [6.45, 7) is 6.42. The Morgan fingerprint density at radius 1 is 1.23 bits per heavy atom. The third-order valence-electron chi connectivity index (χ3n) is 4.76. The average molecular weight is 400 g/mol. The van der Waals surface area contributed by atoms with Gasteiger partial charge in [-0.2, -0.15) is 0 Å². The molecule has 146 valence electrons. The van der Waals surface area contributed by atoms with Gasteiger partial charge in [-0.05, 0) is 51.1 Å². The molecule has 1 aliphatic rings. The first-order valence-electron chi connectivity index (χ1n) is 8.99. The number of hydrogen-bond donors (Lipinski definition) is 0. The Morgan fingerprint density at radius 2 is 1.85 bits per heavy atom. The van der Waals surface area contributed by atoms with Crippen molar-refractivity contribution < 1.29 is 23.3 Å². The molecule has 1 aromatic carbocycles. The van der Waals surface area contributed by atoms with Crippen molar-refractivity contribution in [2.45, 2.75) is 45.6 Å². The van der Waals surface area contributed by atoms with Crippen molar-refractivity contribution in [3.05, 3.63) is 29.8 Å². The predicted molar refractivity (Wildman–Crippen MR) is 106 cm³/mol. The molecular formula is C19H29O5PS. The highest BCUT2D eigenvalue weighted by Crippen LogP contribution is 2.57. The molecule has 0 fully saturated rings. The zero-order valence-electron chi connectivity index (χ0n) is 16.2. The highest BCUT2D eigenvalue weighted by atomic mass is 32.5. The normalized spacial score (nSPS) is 21.6. The number of hydrogen-bond acceptors (Lipinski definition) is 6. The van der Waals surface area contributed by atoms with Crippen LogP contribution in [0, 0.1) is 5.92 Å². The fraction of sp³-hybridized carbons (Fsp3) is 0.632. The van der Waals surface area contributed by atoms with Crippen molar-refractivity contribution in [1.29, 1.82) is 0 Å². The van der Waals surface area contributed by atoms with Gasteiger partial charge in [0.1, 0.15) is 11.4 Å². The lowest BCUT2D eigenvalue weighted by Crippen LogP contribution is -2.46. The lowest BCUT2D eigenvalue weighted by molar-refractivity contribution is -0.144. The summed E-state index contributed by atoms with van der Waals surface area (Å²) in [5, 5.41) is 0. The van der Waals surface area contributed by atoms with E-state index >= 15 is 0 Å². The number of carbonyl (C=O) groups excluding carboxylic acids is 1. The van der Waals surface area contributed by atoms with Crippen LogP contribution in [0.1, 0.15) is 45.6 Å². The molecule has 0 saturated heterocycles. The van der Waals surface area contributed by atoms with Gasteiger partial charge in [-0.1, -0.05) is 18.2 Å². The van der Waals surface area contributed by atoms with Crippen molar-refractivity contribution in [2.75, 3.05) is 26.5 Å². The number of esters is 1. The van der Waals surface area contributed by atoms with E-state index in [9.17, 15) is 4.79 Å². The first kappa shape index (κ1) is 21.4. The molecule has 2 unspecified atom stereocenters. The molecular weight excluding hydrogens is 371 g/mol. The quantitative estimate of drug-likeness (QED) is 0.473. The number of ether oxygens (including phenoxy) is 2. The maximum absolute atomic E-state index is 12.1. The van der Waals surface area contributed by atoms with Crippen LogP contribution in [-0.4, -0.2) is 38.1 Å². The van der Waals surface area contributed by atoms with Gasteiger partial charge in [0, 0.05) is 18.0 Å². The largest absolute Gasteiger partial charge is 0.487 e. The summed E-state index contributed by atoms with van der Waals surface area (Å²) in [5.74, 6) is 0.487. The van der Waals surface area contributed by atoms with Gasteiger partial charge in [0.2, 0.25) is 0 Å². The smallest absolute Gasteiger partial charge is 0.305 e. The Balaban J connectivity index is 2.47. The van der Waals surface area contributed by atoms with Gasteiger partial charge in [0.15, 0.2) is 6.49 Å². The van der Waals surface area contributed by atoms with Crippen molar-refractivity contribution in [3.63, 3.8) is 0 Å². The monoisotopic (exact) mass is 400 g/mol. The number of benzene rings is 1. The van der Waals surface area contributed by atoms with Crippen molar-refractivity contribution in [3.8, 4) is 5.75 Å². The molecule has 0 spiro atoms. The van der Waals surface area contributed by atoms with Gasteiger partial charge in [-0.3, -0.25) is 4.79 Å². The van der Waals surface area contributed by atoms with Crippen LogP contribution in [0.3, 0.4) is 0 Å². The van der Waals surface area contributed by atoms with E-state index in [0.717, 1.165) is 11.3 Å². The molecule has 1 heterocycles. The Kier molecular flexibility index (Phi) is 7.26. The van der Waals surface area contributed by atoms with E-state index in [1.165, 1.54) is 7.11 Å². The third-order valence-corrected chi connectivity index (χ3v) is 7.98. The summed E-state index contributed by atoms with van der Waals surface area (Å²) in [5.41, 5.74) is 0.514. The van der Waals surface area contributed by atoms with Crippen LogP contribution in [0.15, 0.2) is 24.3 Å². The second-order valence-corrected chi connectivity index (χ2v) is 10.6. The highest BCUT2D eigenvalue weighted by Gasteiger charge is 2.46. The summed E-state index contributed by atoms with van der Waals surface area (Å²) in [6.07, 6.45) is 0.825. The third kappa shape index (κ3) is 4.86. The molecule has 0 bridgehead atoms. The number of carbonyl (C=O) groups is 1. The Morgan fingerprint density at radius 3 is 2.42 bits per heavy atom. The van der Waals surface area contributed by atoms with E-state index in [-0.39, 0.29) is 24.2 Å². The molecule has 0 radical (unpaired) electrons. The average Bonchev–Trinajstić information content (AvgIpc) is 2.57. The molecule has 7 heteroatoms. The summed E-state index contributed by atoms with van der Waals surface area (Å²) >= 11 is 5.79. The van der Waals surface area contributed by atoms with Crippen LogP contribution >= 0.6 is 6.49 Å². The van der Waals surface area contributed by atoms with E-state index in [1.807, 2.05) is 52.0 Å². The molecule has 0 saturated carbocycles. The molecule has 0 aromatic heterocycles. The standard InChI is InChI=1S/C19H29O5PS/c1-6-22-25(26,23-7-2)13-15-14-10-8-9-11-17(14)24-19(3,4)16(15)12-18(20)21-5/h8-11,15-16H,6-7,12-13H2,1-5H3. The van der Waals surface area contributed by atoms with E-state index in [2.05, 4.69) is 0 Å². The predicted octanol–water partition coefficient (Wildman–Crippen LogP) is 4.50. The highest BCUT2D eigenvalue weighted by molar-refractivity contribution is 8.09. The van der Waals surface area contributed by atoms with Crippen molar-refractivity contribution in [2.24, 2.45) is 5.92 Å². The lowest BCUT2D eigenvalue weighted by atomic mass is 9.73. The van der Waals surface area contributed by atoms with Crippen LogP contribution in [0.25, 0.3) is 0 Å². The van der Waals surface area contributed by atoms with E-state index < -0.39 is 12.1 Å². The van der Waals surface area contributed by atoms with Gasteiger partial charge < -0.3 is 18.5 Å². The second-order valence-electron chi connectivity index (χ2n) is 6.87. The molecule has 1 aliphatic heterocycles. The van der Waals surface area contributed by atoms with Gasteiger partial charge >= 0.3 is 5.97 Å². The first-order chi connectivity index (χ1) is 12.3. The Hall–Kier alpha value is -0.940. The topological polar surface area (TPSA) is 54.0 Å². The van der Waals surface area contributed by atoms with Gasteiger partial charge in [-0.25, -0.2) is 0 Å². The summed E-state index contributed by atoms with van der Waals surface area (Å²) in [7, 11) is 1.41. The maximum atomic E-state index is 12.1. The molecule has 2 atom stereocenters. The molecule has 5 nitrogen and oxygen atoms in total. The van der Waals surface area contributed by atoms with Crippen LogP contribution in [0.4, 0.5) is 0 Å².